The third kappa shape index (κ3) is 3.67. The SMILES string of the molecule is CC(C)CC(CO)NC(=O)c1cn[nH]n1. The van der Waals surface area contributed by atoms with Crippen LogP contribution in [0.25, 0.3) is 0 Å². The molecule has 0 aliphatic carbocycles. The van der Waals surface area contributed by atoms with E-state index >= 15 is 0 Å². The molecule has 0 bridgehead atoms. The first-order chi connectivity index (χ1) is 7.13. The van der Waals surface area contributed by atoms with E-state index in [1.165, 1.54) is 6.20 Å². The average Bonchev–Trinajstić information content (AvgIpc) is 2.68. The Morgan fingerprint density at radius 2 is 2.40 bits per heavy atom. The van der Waals surface area contributed by atoms with E-state index < -0.39 is 0 Å². The van der Waals surface area contributed by atoms with Crippen molar-refractivity contribution in [1.82, 2.24) is 20.7 Å². The molecule has 1 aromatic rings. The van der Waals surface area contributed by atoms with Gasteiger partial charge < -0.3 is 10.4 Å². The highest BCUT2D eigenvalue weighted by molar-refractivity contribution is 5.91. The first kappa shape index (κ1) is 11.6. The molecule has 0 aliphatic rings. The number of aromatic amines is 1. The molecule has 1 rings (SSSR count). The number of rotatable bonds is 5. The predicted molar refractivity (Wildman–Crippen MR) is 54.2 cm³/mol. The highest BCUT2D eigenvalue weighted by Gasteiger charge is 2.15. The Kier molecular flexibility index (Phi) is 4.23. The van der Waals surface area contributed by atoms with Gasteiger partial charge in [0.2, 0.25) is 0 Å². The third-order valence-electron chi connectivity index (χ3n) is 1.96. The Bertz CT molecular complexity index is 297. The van der Waals surface area contributed by atoms with E-state index in [4.69, 9.17) is 5.11 Å². The lowest BCUT2D eigenvalue weighted by molar-refractivity contribution is 0.0903. The number of nitrogens with one attached hydrogen (secondary N) is 2. The normalized spacial score (nSPS) is 12.8. The summed E-state index contributed by atoms with van der Waals surface area (Å²) in [6.07, 6.45) is 2.08. The molecule has 3 N–H and O–H groups in total. The summed E-state index contributed by atoms with van der Waals surface area (Å²) in [5.41, 5.74) is 0.234. The van der Waals surface area contributed by atoms with Gasteiger partial charge in [-0.25, -0.2) is 0 Å². The van der Waals surface area contributed by atoms with Gasteiger partial charge in [-0.3, -0.25) is 4.79 Å². The number of H-pyrrole nitrogens is 1. The van der Waals surface area contributed by atoms with Crippen LogP contribution in [-0.2, 0) is 0 Å². The highest BCUT2D eigenvalue weighted by Crippen LogP contribution is 2.04. The fourth-order valence-electron chi connectivity index (χ4n) is 1.32. The molecule has 1 aromatic heterocycles. The van der Waals surface area contributed by atoms with Crippen molar-refractivity contribution in [2.24, 2.45) is 5.92 Å². The highest BCUT2D eigenvalue weighted by atomic mass is 16.3. The fraction of sp³-hybridized carbons (Fsp3) is 0.667. The van der Waals surface area contributed by atoms with E-state index in [1.807, 2.05) is 13.8 Å². The maximum absolute atomic E-state index is 11.5. The second-order valence-electron chi connectivity index (χ2n) is 3.84. The zero-order valence-electron chi connectivity index (χ0n) is 8.90. The van der Waals surface area contributed by atoms with Gasteiger partial charge in [0, 0.05) is 0 Å². The van der Waals surface area contributed by atoms with E-state index in [2.05, 4.69) is 20.7 Å². The molecule has 1 atom stereocenters. The number of aromatic nitrogens is 3. The molecule has 0 saturated heterocycles. The molecule has 6 nitrogen and oxygen atoms in total. The Labute approximate surface area is 88.1 Å². The number of nitrogens with zero attached hydrogens (tertiary/aromatic N) is 2. The molecule has 0 saturated carbocycles. The zero-order valence-corrected chi connectivity index (χ0v) is 8.90. The van der Waals surface area contributed by atoms with Crippen molar-refractivity contribution in [2.45, 2.75) is 26.3 Å². The average molecular weight is 212 g/mol. The van der Waals surface area contributed by atoms with Gasteiger partial charge in [0.05, 0.1) is 18.8 Å². The lowest BCUT2D eigenvalue weighted by atomic mass is 10.0. The number of carbonyl (C=O) groups excluding carboxylic acids is 1. The number of amides is 1. The van der Waals surface area contributed by atoms with Crippen molar-refractivity contribution in [3.8, 4) is 0 Å². The van der Waals surface area contributed by atoms with Crippen molar-refractivity contribution >= 4 is 5.91 Å². The summed E-state index contributed by atoms with van der Waals surface area (Å²) in [5.74, 6) is 0.100. The second kappa shape index (κ2) is 5.45. The Balaban J connectivity index is 2.48. The summed E-state index contributed by atoms with van der Waals surface area (Å²) in [7, 11) is 0. The molecule has 0 fully saturated rings. The topological polar surface area (TPSA) is 90.9 Å². The fourth-order valence-corrected chi connectivity index (χ4v) is 1.32. The molecular weight excluding hydrogens is 196 g/mol. The van der Waals surface area contributed by atoms with E-state index in [0.717, 1.165) is 6.42 Å². The monoisotopic (exact) mass is 212 g/mol. The summed E-state index contributed by atoms with van der Waals surface area (Å²) in [4.78, 5) is 11.5. The largest absolute Gasteiger partial charge is 0.394 e. The summed E-state index contributed by atoms with van der Waals surface area (Å²) in [6.45, 7) is 4.00. The number of hydrogen-bond acceptors (Lipinski definition) is 4. The standard InChI is InChI=1S/C9H16N4O2/c1-6(2)3-7(5-14)11-9(15)8-4-10-13-12-8/h4,6-7,14H,3,5H2,1-2H3,(H,11,15)(H,10,12,13). The Morgan fingerprint density at radius 3 is 2.87 bits per heavy atom. The molecule has 0 spiro atoms. The van der Waals surface area contributed by atoms with Crippen LogP contribution in [-0.4, -0.2) is 39.1 Å². The predicted octanol–water partition coefficient (Wildman–Crippen LogP) is -0.0585. The van der Waals surface area contributed by atoms with Crippen LogP contribution in [0.1, 0.15) is 30.8 Å². The van der Waals surface area contributed by atoms with E-state index in [1.54, 1.807) is 0 Å². The van der Waals surface area contributed by atoms with Gasteiger partial charge in [-0.05, 0) is 12.3 Å². The molecule has 1 heterocycles. The molecule has 0 radical (unpaired) electrons. The van der Waals surface area contributed by atoms with Crippen molar-refractivity contribution in [2.75, 3.05) is 6.61 Å². The van der Waals surface area contributed by atoms with Crippen LogP contribution < -0.4 is 5.32 Å². The van der Waals surface area contributed by atoms with Crippen LogP contribution in [0.5, 0.6) is 0 Å². The molecular formula is C9H16N4O2. The van der Waals surface area contributed by atoms with Crippen LogP contribution in [0.3, 0.4) is 0 Å². The Hall–Kier alpha value is -1.43. The van der Waals surface area contributed by atoms with Crippen LogP contribution in [0.4, 0.5) is 0 Å². The van der Waals surface area contributed by atoms with E-state index in [0.29, 0.717) is 5.92 Å². The maximum Gasteiger partial charge on any atom is 0.273 e. The molecule has 1 amide bonds. The smallest absolute Gasteiger partial charge is 0.273 e. The molecule has 0 aromatic carbocycles. The van der Waals surface area contributed by atoms with Gasteiger partial charge in [-0.1, -0.05) is 13.8 Å². The van der Waals surface area contributed by atoms with Crippen molar-refractivity contribution in [3.63, 3.8) is 0 Å². The van der Waals surface area contributed by atoms with Gasteiger partial charge in [0.15, 0.2) is 5.69 Å². The van der Waals surface area contributed by atoms with E-state index in [9.17, 15) is 4.79 Å². The second-order valence-corrected chi connectivity index (χ2v) is 3.84. The minimum absolute atomic E-state index is 0.0677. The molecule has 84 valence electrons. The lowest BCUT2D eigenvalue weighted by Gasteiger charge is -2.17. The van der Waals surface area contributed by atoms with Crippen LogP contribution >= 0.6 is 0 Å². The minimum Gasteiger partial charge on any atom is -0.394 e. The van der Waals surface area contributed by atoms with Crippen molar-refractivity contribution in [1.29, 1.82) is 0 Å². The van der Waals surface area contributed by atoms with Crippen LogP contribution in [0, 0.1) is 5.92 Å². The van der Waals surface area contributed by atoms with Gasteiger partial charge in [-0.15, -0.1) is 0 Å². The van der Waals surface area contributed by atoms with Gasteiger partial charge in [-0.2, -0.15) is 15.4 Å². The molecule has 6 heteroatoms. The Morgan fingerprint density at radius 1 is 1.67 bits per heavy atom. The quantitative estimate of drug-likeness (QED) is 0.637. The molecule has 0 aliphatic heterocycles. The third-order valence-corrected chi connectivity index (χ3v) is 1.96. The van der Waals surface area contributed by atoms with Gasteiger partial charge >= 0.3 is 0 Å². The number of hydrogen-bond donors (Lipinski definition) is 3. The summed E-state index contributed by atoms with van der Waals surface area (Å²) in [5, 5.41) is 21.3. The van der Waals surface area contributed by atoms with E-state index in [-0.39, 0.29) is 24.2 Å². The number of aliphatic hydroxyl groups excluding tert-OH is 1. The molecule has 15 heavy (non-hydrogen) atoms. The van der Waals surface area contributed by atoms with Crippen molar-refractivity contribution in [3.05, 3.63) is 11.9 Å². The minimum atomic E-state index is -0.316. The van der Waals surface area contributed by atoms with Gasteiger partial charge in [0.1, 0.15) is 0 Å². The van der Waals surface area contributed by atoms with Gasteiger partial charge in [0.25, 0.3) is 5.91 Å². The van der Waals surface area contributed by atoms with Crippen molar-refractivity contribution < 1.29 is 9.90 Å². The number of carbonyl (C=O) groups is 1. The summed E-state index contributed by atoms with van der Waals surface area (Å²) in [6, 6.07) is -0.228. The van der Waals surface area contributed by atoms with Crippen LogP contribution in [0.15, 0.2) is 6.20 Å². The summed E-state index contributed by atoms with van der Waals surface area (Å²) < 4.78 is 0. The first-order valence-electron chi connectivity index (χ1n) is 4.91. The first-order valence-corrected chi connectivity index (χ1v) is 4.91. The molecule has 1 unspecified atom stereocenters. The number of aliphatic hydroxyl groups is 1. The zero-order chi connectivity index (χ0) is 11.3. The maximum atomic E-state index is 11.5. The van der Waals surface area contributed by atoms with Crippen LogP contribution in [0.2, 0.25) is 0 Å². The summed E-state index contributed by atoms with van der Waals surface area (Å²) >= 11 is 0. The lowest BCUT2D eigenvalue weighted by Crippen LogP contribution is -2.38.